The minimum absolute atomic E-state index is 0.00352. The Bertz CT molecular complexity index is 711. The van der Waals surface area contributed by atoms with E-state index in [1.165, 1.54) is 25.1 Å². The molecule has 0 aliphatic heterocycles. The summed E-state index contributed by atoms with van der Waals surface area (Å²) in [6.07, 6.45) is -0.114. The number of hydrogen-bond donors (Lipinski definition) is 3. The monoisotopic (exact) mass is 272 g/mol. The Balaban J connectivity index is 2.37. The van der Waals surface area contributed by atoms with Crippen molar-refractivity contribution < 1.29 is 24.9 Å². The summed E-state index contributed by atoms with van der Waals surface area (Å²) in [6, 6.07) is 4.29. The van der Waals surface area contributed by atoms with Crippen molar-refractivity contribution in [1.29, 1.82) is 0 Å². The number of benzene rings is 1. The molecule has 0 bridgehead atoms. The molecular formula is C15H12O5. The van der Waals surface area contributed by atoms with E-state index in [2.05, 4.69) is 0 Å². The number of carbonyl (C=O) groups is 2. The van der Waals surface area contributed by atoms with Gasteiger partial charge in [-0.1, -0.05) is 19.1 Å². The van der Waals surface area contributed by atoms with Crippen LogP contribution in [0.4, 0.5) is 0 Å². The van der Waals surface area contributed by atoms with Crippen LogP contribution < -0.4 is 0 Å². The van der Waals surface area contributed by atoms with E-state index in [1.54, 1.807) is 0 Å². The molecule has 0 spiro atoms. The second-order valence-corrected chi connectivity index (χ2v) is 4.98. The molecule has 1 aromatic carbocycles. The highest BCUT2D eigenvalue weighted by atomic mass is 16.3. The lowest BCUT2D eigenvalue weighted by atomic mass is 9.75. The van der Waals surface area contributed by atoms with Crippen molar-refractivity contribution in [3.8, 4) is 5.75 Å². The summed E-state index contributed by atoms with van der Waals surface area (Å²) < 4.78 is 0. The minimum Gasteiger partial charge on any atom is -0.507 e. The number of fused-ring (bicyclic) bond motifs is 2. The van der Waals surface area contributed by atoms with Crippen LogP contribution in [-0.2, 0) is 4.79 Å². The number of phenols is 1. The van der Waals surface area contributed by atoms with Gasteiger partial charge in [-0.05, 0) is 12.1 Å². The molecule has 3 N–H and O–H groups in total. The highest BCUT2D eigenvalue weighted by Crippen LogP contribution is 2.42. The van der Waals surface area contributed by atoms with E-state index in [0.29, 0.717) is 0 Å². The van der Waals surface area contributed by atoms with E-state index in [0.717, 1.165) is 6.08 Å². The Morgan fingerprint density at radius 2 is 1.85 bits per heavy atom. The zero-order valence-corrected chi connectivity index (χ0v) is 10.6. The molecule has 5 heteroatoms. The SMILES string of the molecule is CC1C(=O)C=C2C(=O)c3cccc(O)c3C(O)=C2C1O. The van der Waals surface area contributed by atoms with Crippen molar-refractivity contribution in [1.82, 2.24) is 0 Å². The van der Waals surface area contributed by atoms with Crippen LogP contribution in [0.3, 0.4) is 0 Å². The molecule has 0 aromatic heterocycles. The van der Waals surface area contributed by atoms with Gasteiger partial charge in [-0.25, -0.2) is 0 Å². The van der Waals surface area contributed by atoms with Crippen molar-refractivity contribution in [3.63, 3.8) is 0 Å². The molecule has 0 heterocycles. The van der Waals surface area contributed by atoms with Gasteiger partial charge in [-0.15, -0.1) is 0 Å². The summed E-state index contributed by atoms with van der Waals surface area (Å²) in [5, 5.41) is 30.2. The summed E-state index contributed by atoms with van der Waals surface area (Å²) in [7, 11) is 0. The predicted molar refractivity (Wildman–Crippen MR) is 70.2 cm³/mol. The van der Waals surface area contributed by atoms with Gasteiger partial charge in [0.05, 0.1) is 11.7 Å². The normalized spacial score (nSPS) is 25.2. The van der Waals surface area contributed by atoms with Gasteiger partial charge in [0.25, 0.3) is 0 Å². The number of carbonyl (C=O) groups excluding carboxylic acids is 2. The van der Waals surface area contributed by atoms with Crippen LogP contribution in [0.1, 0.15) is 22.8 Å². The molecule has 0 saturated carbocycles. The lowest BCUT2D eigenvalue weighted by molar-refractivity contribution is -0.120. The molecule has 2 atom stereocenters. The van der Waals surface area contributed by atoms with E-state index >= 15 is 0 Å². The molecule has 2 aliphatic rings. The summed E-state index contributed by atoms with van der Waals surface area (Å²) in [6.45, 7) is 1.52. The smallest absolute Gasteiger partial charge is 0.194 e. The lowest BCUT2D eigenvalue weighted by Gasteiger charge is -2.30. The van der Waals surface area contributed by atoms with E-state index in [4.69, 9.17) is 0 Å². The van der Waals surface area contributed by atoms with E-state index in [9.17, 15) is 24.9 Å². The van der Waals surface area contributed by atoms with Gasteiger partial charge in [-0.2, -0.15) is 0 Å². The lowest BCUT2D eigenvalue weighted by Crippen LogP contribution is -2.36. The Labute approximate surface area is 114 Å². The van der Waals surface area contributed by atoms with E-state index in [1.807, 2.05) is 0 Å². The molecule has 0 radical (unpaired) electrons. The third-order valence-electron chi connectivity index (χ3n) is 3.82. The molecule has 1 aromatic rings. The van der Waals surface area contributed by atoms with Crippen molar-refractivity contribution in [2.24, 2.45) is 5.92 Å². The number of phenolic OH excluding ortho intramolecular Hbond substituents is 1. The molecule has 2 unspecified atom stereocenters. The molecule has 3 rings (SSSR count). The first-order valence-corrected chi connectivity index (χ1v) is 6.17. The van der Waals surface area contributed by atoms with Gasteiger partial charge in [0.15, 0.2) is 11.6 Å². The third kappa shape index (κ3) is 1.47. The fourth-order valence-corrected chi connectivity index (χ4v) is 2.63. The largest absolute Gasteiger partial charge is 0.507 e. The summed E-state index contributed by atoms with van der Waals surface area (Å²) in [4.78, 5) is 24.1. The van der Waals surface area contributed by atoms with Crippen molar-refractivity contribution in [2.45, 2.75) is 13.0 Å². The number of rotatable bonds is 0. The highest BCUT2D eigenvalue weighted by Gasteiger charge is 2.41. The van der Waals surface area contributed by atoms with Gasteiger partial charge < -0.3 is 15.3 Å². The van der Waals surface area contributed by atoms with Crippen molar-refractivity contribution >= 4 is 17.3 Å². The molecule has 5 nitrogen and oxygen atoms in total. The number of Topliss-reactive ketones (excluding diaryl/α,β-unsaturated/α-hetero) is 1. The molecule has 2 aliphatic carbocycles. The van der Waals surface area contributed by atoms with E-state index < -0.39 is 17.8 Å². The first-order valence-electron chi connectivity index (χ1n) is 6.17. The molecule has 0 saturated heterocycles. The Kier molecular flexibility index (Phi) is 2.55. The number of aromatic hydroxyl groups is 1. The summed E-state index contributed by atoms with van der Waals surface area (Å²) in [5.74, 6) is -2.17. The Morgan fingerprint density at radius 3 is 2.55 bits per heavy atom. The van der Waals surface area contributed by atoms with Crippen LogP contribution in [0.2, 0.25) is 0 Å². The topological polar surface area (TPSA) is 94.8 Å². The first-order chi connectivity index (χ1) is 9.43. The van der Waals surface area contributed by atoms with Gasteiger partial charge >= 0.3 is 0 Å². The third-order valence-corrected chi connectivity index (χ3v) is 3.82. The van der Waals surface area contributed by atoms with Gasteiger partial charge in [-0.3, -0.25) is 9.59 Å². The molecule has 102 valence electrons. The average molecular weight is 272 g/mol. The maximum Gasteiger partial charge on any atom is 0.194 e. The predicted octanol–water partition coefficient (Wildman–Crippen LogP) is 1.36. The zero-order valence-electron chi connectivity index (χ0n) is 10.6. The van der Waals surface area contributed by atoms with Gasteiger partial charge in [0.1, 0.15) is 11.5 Å². The Morgan fingerprint density at radius 1 is 1.15 bits per heavy atom. The highest BCUT2D eigenvalue weighted by molar-refractivity contribution is 6.21. The molecular weight excluding hydrogens is 260 g/mol. The summed E-state index contributed by atoms with van der Waals surface area (Å²) in [5.41, 5.74) is 0.129. The molecule has 20 heavy (non-hydrogen) atoms. The van der Waals surface area contributed by atoms with Crippen LogP contribution in [0.25, 0.3) is 5.76 Å². The van der Waals surface area contributed by atoms with Crippen LogP contribution in [0.15, 0.2) is 35.4 Å². The average Bonchev–Trinajstić information content (AvgIpc) is 2.41. The second kappa shape index (κ2) is 4.05. The number of hydrogen-bond acceptors (Lipinski definition) is 5. The zero-order chi connectivity index (χ0) is 14.6. The second-order valence-electron chi connectivity index (χ2n) is 4.98. The van der Waals surface area contributed by atoms with Crippen LogP contribution in [-0.4, -0.2) is 33.0 Å². The van der Waals surface area contributed by atoms with Crippen LogP contribution in [0.5, 0.6) is 5.75 Å². The Hall–Kier alpha value is -2.40. The van der Waals surface area contributed by atoms with Crippen LogP contribution in [0, 0.1) is 5.92 Å². The summed E-state index contributed by atoms with van der Waals surface area (Å²) >= 11 is 0. The maximum atomic E-state index is 12.4. The first kappa shape index (κ1) is 12.6. The van der Waals surface area contributed by atoms with Crippen LogP contribution >= 0.6 is 0 Å². The van der Waals surface area contributed by atoms with Gasteiger partial charge in [0.2, 0.25) is 0 Å². The number of allylic oxidation sites excluding steroid dienone is 1. The quantitative estimate of drug-likeness (QED) is 0.663. The van der Waals surface area contributed by atoms with E-state index in [-0.39, 0.29) is 39.6 Å². The van der Waals surface area contributed by atoms with Crippen molar-refractivity contribution in [3.05, 3.63) is 46.5 Å². The molecule has 0 amide bonds. The fourth-order valence-electron chi connectivity index (χ4n) is 2.63. The fraction of sp³-hybridized carbons (Fsp3) is 0.200. The molecule has 0 fully saturated rings. The van der Waals surface area contributed by atoms with Gasteiger partial charge in [0, 0.05) is 22.6 Å². The van der Waals surface area contributed by atoms with Crippen molar-refractivity contribution in [2.75, 3.05) is 0 Å². The minimum atomic E-state index is -1.26. The number of aliphatic hydroxyl groups excluding tert-OH is 2. The number of ketones is 2. The standard InChI is InChI=1S/C15H12O5/c1-6-10(17)5-8-12(13(6)18)15(20)11-7(14(8)19)3-2-4-9(11)16/h2-6,13,16,18,20H,1H3. The number of aliphatic hydroxyl groups is 2. The maximum absolute atomic E-state index is 12.4.